The third-order valence-electron chi connectivity index (χ3n) is 3.65. The van der Waals surface area contributed by atoms with Crippen molar-refractivity contribution in [3.63, 3.8) is 0 Å². The summed E-state index contributed by atoms with van der Waals surface area (Å²) in [5.41, 5.74) is 8.37. The molecule has 1 amide bonds. The number of carbonyl (C=O) groups excluding carboxylic acids is 1. The van der Waals surface area contributed by atoms with E-state index in [2.05, 4.69) is 16.9 Å². The van der Waals surface area contributed by atoms with E-state index in [1.54, 1.807) is 11.2 Å². The van der Waals surface area contributed by atoms with Gasteiger partial charge in [-0.15, -0.1) is 0 Å². The number of nitrogens with two attached hydrogens (primary N) is 1. The third-order valence-corrected chi connectivity index (χ3v) is 3.65. The Labute approximate surface area is 113 Å². The van der Waals surface area contributed by atoms with Gasteiger partial charge in [0.2, 0.25) is 0 Å². The van der Waals surface area contributed by atoms with Crippen LogP contribution in [0.4, 0.5) is 4.79 Å². The van der Waals surface area contributed by atoms with Crippen molar-refractivity contribution in [1.82, 2.24) is 14.9 Å². The molecule has 1 aromatic rings. The number of carbonyl (C=O) groups is 1. The van der Waals surface area contributed by atoms with E-state index in [0.29, 0.717) is 13.1 Å². The summed E-state index contributed by atoms with van der Waals surface area (Å²) in [6.45, 7) is 3.24. The average Bonchev–Trinajstić information content (AvgIpc) is 2.46. The highest BCUT2D eigenvalue weighted by Crippen LogP contribution is 2.28. The molecule has 2 N–H and O–H groups in total. The Kier molecular flexibility index (Phi) is 4.31. The van der Waals surface area contributed by atoms with E-state index in [4.69, 9.17) is 10.5 Å². The molecule has 0 saturated carbocycles. The predicted molar refractivity (Wildman–Crippen MR) is 70.7 cm³/mol. The Morgan fingerprint density at radius 3 is 3.05 bits per heavy atom. The van der Waals surface area contributed by atoms with Gasteiger partial charge in [-0.05, 0) is 18.4 Å². The fourth-order valence-electron chi connectivity index (χ4n) is 2.63. The fourth-order valence-corrected chi connectivity index (χ4v) is 2.63. The van der Waals surface area contributed by atoms with Gasteiger partial charge in [0.15, 0.2) is 0 Å². The van der Waals surface area contributed by atoms with E-state index in [-0.39, 0.29) is 18.1 Å². The summed E-state index contributed by atoms with van der Waals surface area (Å²) in [5.74, 6) is 0.206. The van der Waals surface area contributed by atoms with Crippen LogP contribution in [0, 0.1) is 0 Å². The molecule has 0 radical (unpaired) electrons. The van der Waals surface area contributed by atoms with E-state index in [1.807, 2.05) is 6.20 Å². The molecule has 6 heteroatoms. The lowest BCUT2D eigenvalue weighted by Crippen LogP contribution is -2.49. The SMILES string of the molecule is CCc1ncncc1C1CCN(C(=O)OC)CC1N. The number of likely N-dealkylation sites (tertiary alicyclic amines) is 1. The molecular weight excluding hydrogens is 244 g/mol. The first-order valence-corrected chi connectivity index (χ1v) is 6.54. The highest BCUT2D eigenvalue weighted by Gasteiger charge is 2.31. The van der Waals surface area contributed by atoms with Gasteiger partial charge in [0.1, 0.15) is 6.33 Å². The second kappa shape index (κ2) is 5.97. The summed E-state index contributed by atoms with van der Waals surface area (Å²) in [5, 5.41) is 0. The van der Waals surface area contributed by atoms with E-state index in [9.17, 15) is 4.79 Å². The van der Waals surface area contributed by atoms with Crippen molar-refractivity contribution in [2.45, 2.75) is 31.7 Å². The average molecular weight is 264 g/mol. The third kappa shape index (κ3) is 2.84. The molecule has 1 saturated heterocycles. The van der Waals surface area contributed by atoms with Crippen LogP contribution in [0.2, 0.25) is 0 Å². The fraction of sp³-hybridized carbons (Fsp3) is 0.615. The molecule has 1 aliphatic rings. The van der Waals surface area contributed by atoms with Gasteiger partial charge in [-0.3, -0.25) is 0 Å². The number of hydrogen-bond donors (Lipinski definition) is 1. The lowest BCUT2D eigenvalue weighted by Gasteiger charge is -2.36. The monoisotopic (exact) mass is 264 g/mol. The predicted octanol–water partition coefficient (Wildman–Crippen LogP) is 0.922. The molecule has 19 heavy (non-hydrogen) atoms. The van der Waals surface area contributed by atoms with Gasteiger partial charge in [-0.1, -0.05) is 6.92 Å². The van der Waals surface area contributed by atoms with Gasteiger partial charge in [0, 0.05) is 36.9 Å². The van der Waals surface area contributed by atoms with Crippen molar-refractivity contribution in [2.24, 2.45) is 5.73 Å². The van der Waals surface area contributed by atoms with Crippen LogP contribution in [0.1, 0.15) is 30.5 Å². The molecule has 0 aromatic carbocycles. The molecule has 2 atom stereocenters. The lowest BCUT2D eigenvalue weighted by atomic mass is 9.85. The molecule has 1 fully saturated rings. The van der Waals surface area contributed by atoms with Gasteiger partial charge in [-0.2, -0.15) is 0 Å². The second-order valence-corrected chi connectivity index (χ2v) is 4.75. The highest BCUT2D eigenvalue weighted by atomic mass is 16.5. The molecule has 0 bridgehead atoms. The summed E-state index contributed by atoms with van der Waals surface area (Å²) in [6.07, 6.45) is 4.79. The maximum Gasteiger partial charge on any atom is 0.409 e. The standard InChI is InChI=1S/C13H20N4O2/c1-3-12-10(6-15-8-16-12)9-4-5-17(7-11(9)14)13(18)19-2/h6,8-9,11H,3-5,7,14H2,1-2H3. The molecule has 1 aromatic heterocycles. The molecule has 2 unspecified atom stereocenters. The van der Waals surface area contributed by atoms with Crippen molar-refractivity contribution in [2.75, 3.05) is 20.2 Å². The molecule has 2 rings (SSSR count). The zero-order chi connectivity index (χ0) is 13.8. The van der Waals surface area contributed by atoms with Crippen LogP contribution in [0.5, 0.6) is 0 Å². The molecule has 0 aliphatic carbocycles. The van der Waals surface area contributed by atoms with Crippen molar-refractivity contribution in [1.29, 1.82) is 0 Å². The molecule has 2 heterocycles. The first-order valence-electron chi connectivity index (χ1n) is 6.54. The summed E-state index contributed by atoms with van der Waals surface area (Å²) < 4.78 is 4.73. The number of amides is 1. The Bertz CT molecular complexity index is 452. The van der Waals surface area contributed by atoms with Crippen molar-refractivity contribution in [3.8, 4) is 0 Å². The van der Waals surface area contributed by atoms with Crippen LogP contribution in [0.25, 0.3) is 0 Å². The number of methoxy groups -OCH3 is 1. The van der Waals surface area contributed by atoms with Gasteiger partial charge in [0.25, 0.3) is 0 Å². The van der Waals surface area contributed by atoms with Gasteiger partial charge >= 0.3 is 6.09 Å². The minimum atomic E-state index is -0.311. The lowest BCUT2D eigenvalue weighted by molar-refractivity contribution is 0.107. The van der Waals surface area contributed by atoms with E-state index >= 15 is 0 Å². The molecule has 0 spiro atoms. The van der Waals surface area contributed by atoms with Crippen LogP contribution in [0.15, 0.2) is 12.5 Å². The van der Waals surface area contributed by atoms with Gasteiger partial charge in [-0.25, -0.2) is 14.8 Å². The number of nitrogens with zero attached hydrogens (tertiary/aromatic N) is 3. The normalized spacial score (nSPS) is 23.2. The maximum atomic E-state index is 11.5. The Hall–Kier alpha value is -1.69. The quantitative estimate of drug-likeness (QED) is 0.859. The number of aryl methyl sites for hydroxylation is 1. The smallest absolute Gasteiger partial charge is 0.409 e. The van der Waals surface area contributed by atoms with E-state index in [0.717, 1.165) is 24.1 Å². The largest absolute Gasteiger partial charge is 0.453 e. The van der Waals surface area contributed by atoms with E-state index < -0.39 is 0 Å². The Morgan fingerprint density at radius 1 is 1.63 bits per heavy atom. The molecular formula is C13H20N4O2. The first-order chi connectivity index (χ1) is 9.17. The molecule has 6 nitrogen and oxygen atoms in total. The Balaban J connectivity index is 2.13. The number of rotatable bonds is 2. The summed E-state index contributed by atoms with van der Waals surface area (Å²) >= 11 is 0. The van der Waals surface area contributed by atoms with Crippen molar-refractivity contribution < 1.29 is 9.53 Å². The van der Waals surface area contributed by atoms with Crippen LogP contribution >= 0.6 is 0 Å². The minimum absolute atomic E-state index is 0.107. The molecule has 1 aliphatic heterocycles. The summed E-state index contributed by atoms with van der Waals surface area (Å²) in [4.78, 5) is 21.6. The topological polar surface area (TPSA) is 81.3 Å². The number of aromatic nitrogens is 2. The number of piperidine rings is 1. The number of ether oxygens (including phenoxy) is 1. The van der Waals surface area contributed by atoms with Crippen LogP contribution < -0.4 is 5.73 Å². The highest BCUT2D eigenvalue weighted by molar-refractivity contribution is 5.67. The van der Waals surface area contributed by atoms with Gasteiger partial charge in [0.05, 0.1) is 7.11 Å². The Morgan fingerprint density at radius 2 is 2.42 bits per heavy atom. The summed E-state index contributed by atoms with van der Waals surface area (Å²) in [6, 6.07) is -0.107. The van der Waals surface area contributed by atoms with Crippen LogP contribution in [0.3, 0.4) is 0 Å². The van der Waals surface area contributed by atoms with Crippen molar-refractivity contribution >= 4 is 6.09 Å². The van der Waals surface area contributed by atoms with Gasteiger partial charge < -0.3 is 15.4 Å². The zero-order valence-electron chi connectivity index (χ0n) is 11.4. The number of hydrogen-bond acceptors (Lipinski definition) is 5. The molecule has 104 valence electrons. The maximum absolute atomic E-state index is 11.5. The van der Waals surface area contributed by atoms with Crippen LogP contribution in [-0.2, 0) is 11.2 Å². The minimum Gasteiger partial charge on any atom is -0.453 e. The summed E-state index contributed by atoms with van der Waals surface area (Å²) in [7, 11) is 1.39. The van der Waals surface area contributed by atoms with E-state index in [1.165, 1.54) is 7.11 Å². The second-order valence-electron chi connectivity index (χ2n) is 4.75. The zero-order valence-corrected chi connectivity index (χ0v) is 11.4. The van der Waals surface area contributed by atoms with Crippen LogP contribution in [-0.4, -0.2) is 47.2 Å². The first kappa shape index (κ1) is 13.7. The van der Waals surface area contributed by atoms with Crippen molar-refractivity contribution in [3.05, 3.63) is 23.8 Å².